The van der Waals surface area contributed by atoms with Gasteiger partial charge in [0.2, 0.25) is 11.8 Å². The number of nitrogens with one attached hydrogen (secondary N) is 2. The predicted octanol–water partition coefficient (Wildman–Crippen LogP) is 5.23. The number of benzene rings is 3. The van der Waals surface area contributed by atoms with Crippen molar-refractivity contribution in [1.29, 1.82) is 0 Å². The van der Waals surface area contributed by atoms with Crippen LogP contribution in [0.5, 0.6) is 0 Å². The SMILES string of the molecule is CCC(=O)Nc1ccc(CC)cc1-c1nc2ccccc2n(CC(=O)Nc2cccc(C)c2C)c1=O. The minimum absolute atomic E-state index is 0.158. The van der Waals surface area contributed by atoms with E-state index >= 15 is 0 Å². The molecule has 36 heavy (non-hydrogen) atoms. The number of aromatic nitrogens is 2. The third-order valence-corrected chi connectivity index (χ3v) is 6.38. The summed E-state index contributed by atoms with van der Waals surface area (Å²) in [6.07, 6.45) is 1.07. The molecule has 7 nitrogen and oxygen atoms in total. The molecule has 2 amide bonds. The molecule has 0 radical (unpaired) electrons. The van der Waals surface area contributed by atoms with Crippen molar-refractivity contribution in [3.63, 3.8) is 0 Å². The lowest BCUT2D eigenvalue weighted by molar-refractivity contribution is -0.117. The van der Waals surface area contributed by atoms with E-state index in [4.69, 9.17) is 0 Å². The number of para-hydroxylation sites is 2. The molecule has 0 saturated carbocycles. The van der Waals surface area contributed by atoms with Gasteiger partial charge < -0.3 is 10.6 Å². The fourth-order valence-corrected chi connectivity index (χ4v) is 4.10. The van der Waals surface area contributed by atoms with Crippen LogP contribution in [-0.4, -0.2) is 21.4 Å². The van der Waals surface area contributed by atoms with Crippen LogP contribution in [0.2, 0.25) is 0 Å². The fourth-order valence-electron chi connectivity index (χ4n) is 4.10. The van der Waals surface area contributed by atoms with Crippen LogP contribution >= 0.6 is 0 Å². The Bertz CT molecular complexity index is 1520. The molecular weight excluding hydrogens is 452 g/mol. The number of amides is 2. The smallest absolute Gasteiger partial charge is 0.278 e. The highest BCUT2D eigenvalue weighted by Gasteiger charge is 2.19. The van der Waals surface area contributed by atoms with Gasteiger partial charge in [-0.05, 0) is 67.3 Å². The molecule has 0 aliphatic carbocycles. The summed E-state index contributed by atoms with van der Waals surface area (Å²) < 4.78 is 1.45. The van der Waals surface area contributed by atoms with Crippen LogP contribution in [0, 0.1) is 13.8 Å². The van der Waals surface area contributed by atoms with Crippen LogP contribution in [0.3, 0.4) is 0 Å². The van der Waals surface area contributed by atoms with Gasteiger partial charge in [-0.2, -0.15) is 0 Å². The van der Waals surface area contributed by atoms with E-state index in [1.807, 2.05) is 69.3 Å². The first-order valence-electron chi connectivity index (χ1n) is 12.1. The van der Waals surface area contributed by atoms with E-state index < -0.39 is 5.56 Å². The van der Waals surface area contributed by atoms with Crippen molar-refractivity contribution in [2.75, 3.05) is 10.6 Å². The second kappa shape index (κ2) is 10.6. The van der Waals surface area contributed by atoms with Gasteiger partial charge in [0.15, 0.2) is 0 Å². The van der Waals surface area contributed by atoms with E-state index in [0.29, 0.717) is 34.4 Å². The molecule has 0 fully saturated rings. The van der Waals surface area contributed by atoms with Crippen molar-refractivity contribution >= 4 is 34.2 Å². The third-order valence-electron chi connectivity index (χ3n) is 6.38. The topological polar surface area (TPSA) is 93.1 Å². The molecule has 3 aromatic carbocycles. The van der Waals surface area contributed by atoms with Crippen LogP contribution in [0.25, 0.3) is 22.3 Å². The van der Waals surface area contributed by atoms with E-state index in [2.05, 4.69) is 15.6 Å². The van der Waals surface area contributed by atoms with Crippen molar-refractivity contribution in [2.45, 2.75) is 47.1 Å². The minimum Gasteiger partial charge on any atom is -0.325 e. The Balaban J connectivity index is 1.83. The lowest BCUT2D eigenvalue weighted by Gasteiger charge is -2.16. The number of aryl methyl sites for hydroxylation is 2. The van der Waals surface area contributed by atoms with Gasteiger partial charge in [-0.1, -0.05) is 44.2 Å². The number of carbonyl (C=O) groups is 2. The maximum atomic E-state index is 13.8. The molecule has 4 aromatic rings. The quantitative estimate of drug-likeness (QED) is 0.377. The van der Waals surface area contributed by atoms with Crippen LogP contribution in [0.4, 0.5) is 11.4 Å². The summed E-state index contributed by atoms with van der Waals surface area (Å²) in [7, 11) is 0. The van der Waals surface area contributed by atoms with Crippen LogP contribution in [0.1, 0.15) is 37.0 Å². The first kappa shape index (κ1) is 24.9. The van der Waals surface area contributed by atoms with E-state index in [1.165, 1.54) is 4.57 Å². The fraction of sp³-hybridized carbons (Fsp3) is 0.241. The number of carbonyl (C=O) groups excluding carboxylic acids is 2. The molecule has 0 spiro atoms. The molecule has 184 valence electrons. The summed E-state index contributed by atoms with van der Waals surface area (Å²) in [4.78, 5) is 43.8. The second-order valence-corrected chi connectivity index (χ2v) is 8.77. The van der Waals surface area contributed by atoms with Gasteiger partial charge in [-0.25, -0.2) is 4.98 Å². The maximum absolute atomic E-state index is 13.8. The Morgan fingerprint density at radius 2 is 1.64 bits per heavy atom. The summed E-state index contributed by atoms with van der Waals surface area (Å²) in [5.41, 5.74) is 5.76. The van der Waals surface area contributed by atoms with Crippen LogP contribution in [0.15, 0.2) is 65.5 Å². The first-order chi connectivity index (χ1) is 17.3. The van der Waals surface area contributed by atoms with Gasteiger partial charge in [0.1, 0.15) is 12.2 Å². The zero-order valence-corrected chi connectivity index (χ0v) is 21.0. The number of nitrogens with zero attached hydrogens (tertiary/aromatic N) is 2. The summed E-state index contributed by atoms with van der Waals surface area (Å²) in [5, 5.41) is 5.82. The molecular formula is C29H30N4O3. The Kier molecular flexibility index (Phi) is 7.29. The Hall–Kier alpha value is -4.26. The van der Waals surface area contributed by atoms with Crippen LogP contribution in [-0.2, 0) is 22.6 Å². The molecule has 0 unspecified atom stereocenters. The first-order valence-corrected chi connectivity index (χ1v) is 12.1. The second-order valence-electron chi connectivity index (χ2n) is 8.77. The normalized spacial score (nSPS) is 10.9. The molecule has 0 saturated heterocycles. The van der Waals surface area contributed by atoms with Gasteiger partial charge in [0.05, 0.1) is 16.7 Å². The Morgan fingerprint density at radius 1 is 0.889 bits per heavy atom. The van der Waals surface area contributed by atoms with Gasteiger partial charge >= 0.3 is 0 Å². The van der Waals surface area contributed by atoms with Gasteiger partial charge in [0, 0.05) is 17.7 Å². The molecule has 0 aliphatic rings. The largest absolute Gasteiger partial charge is 0.325 e. The number of anilines is 2. The maximum Gasteiger partial charge on any atom is 0.278 e. The molecule has 0 aliphatic heterocycles. The van der Waals surface area contributed by atoms with E-state index in [-0.39, 0.29) is 24.1 Å². The van der Waals surface area contributed by atoms with E-state index in [1.54, 1.807) is 19.1 Å². The van der Waals surface area contributed by atoms with Crippen LogP contribution < -0.4 is 16.2 Å². The Labute approximate surface area is 210 Å². The number of hydrogen-bond donors (Lipinski definition) is 2. The van der Waals surface area contributed by atoms with E-state index in [9.17, 15) is 14.4 Å². The zero-order valence-electron chi connectivity index (χ0n) is 21.0. The molecule has 7 heteroatoms. The molecule has 1 aromatic heterocycles. The summed E-state index contributed by atoms with van der Waals surface area (Å²) in [5.74, 6) is -0.468. The van der Waals surface area contributed by atoms with E-state index in [0.717, 1.165) is 23.1 Å². The van der Waals surface area contributed by atoms with Crippen molar-refractivity contribution in [1.82, 2.24) is 9.55 Å². The van der Waals surface area contributed by atoms with Crippen molar-refractivity contribution in [3.05, 3.63) is 87.7 Å². The summed E-state index contributed by atoms with van der Waals surface area (Å²) >= 11 is 0. The standard InChI is InChI=1S/C29H30N4O3/c1-5-20-14-15-23(31-26(34)6-2)21(16-20)28-29(36)33(25-13-8-7-11-24(25)32-28)17-27(35)30-22-12-9-10-18(3)19(22)4/h7-16H,5-6,17H2,1-4H3,(H,30,35)(H,31,34). The monoisotopic (exact) mass is 482 g/mol. The van der Waals surface area contributed by atoms with Gasteiger partial charge in [-0.15, -0.1) is 0 Å². The summed E-state index contributed by atoms with van der Waals surface area (Å²) in [6, 6.07) is 18.6. The Morgan fingerprint density at radius 3 is 2.39 bits per heavy atom. The molecule has 2 N–H and O–H groups in total. The third kappa shape index (κ3) is 5.05. The highest BCUT2D eigenvalue weighted by atomic mass is 16.2. The van der Waals surface area contributed by atoms with Gasteiger partial charge in [-0.3, -0.25) is 19.0 Å². The molecule has 1 heterocycles. The van der Waals surface area contributed by atoms with Crippen molar-refractivity contribution < 1.29 is 9.59 Å². The highest BCUT2D eigenvalue weighted by Crippen LogP contribution is 2.28. The number of fused-ring (bicyclic) bond motifs is 1. The summed E-state index contributed by atoms with van der Waals surface area (Å²) in [6.45, 7) is 7.55. The lowest BCUT2D eigenvalue weighted by atomic mass is 10.0. The minimum atomic E-state index is -0.398. The highest BCUT2D eigenvalue weighted by molar-refractivity contribution is 5.96. The lowest BCUT2D eigenvalue weighted by Crippen LogP contribution is -2.30. The average molecular weight is 483 g/mol. The van der Waals surface area contributed by atoms with Gasteiger partial charge in [0.25, 0.3) is 5.56 Å². The predicted molar refractivity (Wildman–Crippen MR) is 144 cm³/mol. The number of hydrogen-bond acceptors (Lipinski definition) is 4. The number of rotatable bonds is 7. The average Bonchev–Trinajstić information content (AvgIpc) is 2.88. The molecule has 4 rings (SSSR count). The molecule has 0 atom stereocenters. The zero-order chi connectivity index (χ0) is 25.8. The van der Waals surface area contributed by atoms with Crippen molar-refractivity contribution in [2.24, 2.45) is 0 Å². The van der Waals surface area contributed by atoms with Crippen molar-refractivity contribution in [3.8, 4) is 11.3 Å². The molecule has 0 bridgehead atoms.